The third-order valence-electron chi connectivity index (χ3n) is 4.24. The third kappa shape index (κ3) is 3.12. The lowest BCUT2D eigenvalue weighted by atomic mass is 9.95. The van der Waals surface area contributed by atoms with E-state index < -0.39 is 0 Å². The number of hydrogen-bond acceptors (Lipinski definition) is 3. The number of piperidine rings is 1. The van der Waals surface area contributed by atoms with E-state index in [1.165, 1.54) is 12.1 Å². The number of rotatable bonds is 3. The van der Waals surface area contributed by atoms with Gasteiger partial charge in [0.2, 0.25) is 5.91 Å². The Kier molecular flexibility index (Phi) is 4.40. The summed E-state index contributed by atoms with van der Waals surface area (Å²) in [6.45, 7) is 4.60. The lowest BCUT2D eigenvalue weighted by Crippen LogP contribution is -2.49. The number of likely N-dealkylation sites (N-methyl/N-ethyl adjacent to an activating group) is 1. The van der Waals surface area contributed by atoms with Crippen molar-refractivity contribution < 1.29 is 4.79 Å². The third-order valence-corrected chi connectivity index (χ3v) is 4.24. The van der Waals surface area contributed by atoms with Gasteiger partial charge in [0.25, 0.3) is 0 Å². The molecule has 2 aliphatic rings. The normalized spacial score (nSPS) is 29.2. The van der Waals surface area contributed by atoms with E-state index in [0.29, 0.717) is 18.5 Å². The quantitative estimate of drug-likeness (QED) is 0.819. The standard InChI is InChI=1S/C14H25N3O/c1-11-9-17(8-7-13(11)15)10-14(18)16(2)12-5-3-4-6-12/h5,11,13H,3-4,6-10,15H2,1-2H3. The van der Waals surface area contributed by atoms with Crippen LogP contribution in [0.2, 0.25) is 0 Å². The largest absolute Gasteiger partial charge is 0.327 e. The number of likely N-dealkylation sites (tertiary alicyclic amines) is 1. The molecule has 1 aliphatic carbocycles. The first-order valence-corrected chi connectivity index (χ1v) is 7.01. The number of nitrogens with two attached hydrogens (primary N) is 1. The molecular weight excluding hydrogens is 226 g/mol. The Morgan fingerprint density at radius 1 is 1.61 bits per heavy atom. The van der Waals surface area contributed by atoms with Gasteiger partial charge in [-0.05, 0) is 31.6 Å². The summed E-state index contributed by atoms with van der Waals surface area (Å²) in [5, 5.41) is 0. The van der Waals surface area contributed by atoms with Gasteiger partial charge in [0.05, 0.1) is 6.54 Å². The molecular formula is C14H25N3O. The number of allylic oxidation sites excluding steroid dienone is 2. The summed E-state index contributed by atoms with van der Waals surface area (Å²) in [5.41, 5.74) is 7.20. The number of amides is 1. The predicted octanol–water partition coefficient (Wildman–Crippen LogP) is 1.18. The van der Waals surface area contributed by atoms with Crippen molar-refractivity contribution in [3.8, 4) is 0 Å². The molecule has 2 unspecified atom stereocenters. The second-order valence-corrected chi connectivity index (χ2v) is 5.71. The van der Waals surface area contributed by atoms with Crippen LogP contribution in [0.5, 0.6) is 0 Å². The van der Waals surface area contributed by atoms with Gasteiger partial charge in [-0.1, -0.05) is 13.0 Å². The Balaban J connectivity index is 1.83. The molecule has 1 saturated heterocycles. The second-order valence-electron chi connectivity index (χ2n) is 5.71. The van der Waals surface area contributed by atoms with Gasteiger partial charge in [-0.15, -0.1) is 0 Å². The topological polar surface area (TPSA) is 49.6 Å². The molecule has 2 N–H and O–H groups in total. The summed E-state index contributed by atoms with van der Waals surface area (Å²) in [7, 11) is 1.90. The summed E-state index contributed by atoms with van der Waals surface area (Å²) in [4.78, 5) is 16.3. The first kappa shape index (κ1) is 13.6. The van der Waals surface area contributed by atoms with E-state index in [9.17, 15) is 4.79 Å². The Labute approximate surface area is 110 Å². The van der Waals surface area contributed by atoms with Crippen molar-refractivity contribution in [2.45, 2.75) is 38.6 Å². The number of carbonyl (C=O) groups excluding carboxylic acids is 1. The molecule has 1 aliphatic heterocycles. The average molecular weight is 251 g/mol. The minimum absolute atomic E-state index is 0.214. The number of nitrogens with zero attached hydrogens (tertiary/aromatic N) is 2. The fraction of sp³-hybridized carbons (Fsp3) is 0.786. The van der Waals surface area contributed by atoms with Gasteiger partial charge in [-0.25, -0.2) is 0 Å². The van der Waals surface area contributed by atoms with Crippen molar-refractivity contribution in [1.82, 2.24) is 9.80 Å². The monoisotopic (exact) mass is 251 g/mol. The fourth-order valence-electron chi connectivity index (χ4n) is 2.81. The van der Waals surface area contributed by atoms with Crippen molar-refractivity contribution in [2.75, 3.05) is 26.7 Å². The van der Waals surface area contributed by atoms with Crippen molar-refractivity contribution in [3.05, 3.63) is 11.8 Å². The van der Waals surface area contributed by atoms with Crippen molar-refractivity contribution in [2.24, 2.45) is 11.7 Å². The highest BCUT2D eigenvalue weighted by Crippen LogP contribution is 2.21. The molecule has 1 amide bonds. The predicted molar refractivity (Wildman–Crippen MR) is 72.9 cm³/mol. The summed E-state index contributed by atoms with van der Waals surface area (Å²) in [6, 6.07) is 0.298. The zero-order chi connectivity index (χ0) is 13.1. The molecule has 2 atom stereocenters. The summed E-state index contributed by atoms with van der Waals surface area (Å²) < 4.78 is 0. The van der Waals surface area contributed by atoms with Crippen LogP contribution in [0.15, 0.2) is 11.8 Å². The Morgan fingerprint density at radius 3 is 3.00 bits per heavy atom. The van der Waals surface area contributed by atoms with Crippen LogP contribution in [-0.4, -0.2) is 48.4 Å². The van der Waals surface area contributed by atoms with Crippen LogP contribution < -0.4 is 5.73 Å². The van der Waals surface area contributed by atoms with Crippen LogP contribution in [0.25, 0.3) is 0 Å². The van der Waals surface area contributed by atoms with E-state index in [-0.39, 0.29) is 5.91 Å². The summed E-state index contributed by atoms with van der Waals surface area (Å²) >= 11 is 0. The highest BCUT2D eigenvalue weighted by atomic mass is 16.2. The lowest BCUT2D eigenvalue weighted by Gasteiger charge is -2.35. The molecule has 0 aromatic carbocycles. The Morgan fingerprint density at radius 2 is 2.39 bits per heavy atom. The zero-order valence-electron chi connectivity index (χ0n) is 11.6. The number of carbonyl (C=O) groups is 1. The van der Waals surface area contributed by atoms with Gasteiger partial charge in [0.15, 0.2) is 0 Å². The molecule has 0 aromatic heterocycles. The van der Waals surface area contributed by atoms with E-state index >= 15 is 0 Å². The Bertz CT molecular complexity index is 340. The SMILES string of the molecule is CC1CN(CC(=O)N(C)C2=CCCC2)CCC1N. The fourth-order valence-corrected chi connectivity index (χ4v) is 2.81. The van der Waals surface area contributed by atoms with Crippen LogP contribution in [-0.2, 0) is 4.79 Å². The van der Waals surface area contributed by atoms with E-state index in [2.05, 4.69) is 17.9 Å². The molecule has 102 valence electrons. The van der Waals surface area contributed by atoms with E-state index in [4.69, 9.17) is 5.73 Å². The van der Waals surface area contributed by atoms with Gasteiger partial charge in [-0.3, -0.25) is 9.69 Å². The molecule has 0 saturated carbocycles. The summed E-state index contributed by atoms with van der Waals surface area (Å²) in [6.07, 6.45) is 6.53. The molecule has 1 fully saturated rings. The van der Waals surface area contributed by atoms with Gasteiger partial charge < -0.3 is 10.6 Å². The maximum atomic E-state index is 12.2. The van der Waals surface area contributed by atoms with Crippen LogP contribution in [0.3, 0.4) is 0 Å². The maximum Gasteiger partial charge on any atom is 0.240 e. The molecule has 18 heavy (non-hydrogen) atoms. The van der Waals surface area contributed by atoms with E-state index in [1.54, 1.807) is 0 Å². The smallest absolute Gasteiger partial charge is 0.240 e. The number of hydrogen-bond donors (Lipinski definition) is 1. The van der Waals surface area contributed by atoms with Gasteiger partial charge in [-0.2, -0.15) is 0 Å². The minimum atomic E-state index is 0.214. The van der Waals surface area contributed by atoms with Crippen molar-refractivity contribution in [1.29, 1.82) is 0 Å². The second kappa shape index (κ2) is 5.85. The van der Waals surface area contributed by atoms with Gasteiger partial charge >= 0.3 is 0 Å². The molecule has 0 radical (unpaired) electrons. The molecule has 0 aromatic rings. The highest BCUT2D eigenvalue weighted by molar-refractivity contribution is 5.79. The van der Waals surface area contributed by atoms with Gasteiger partial charge in [0, 0.05) is 31.9 Å². The average Bonchev–Trinajstić information content (AvgIpc) is 2.86. The molecule has 4 nitrogen and oxygen atoms in total. The molecule has 0 spiro atoms. The van der Waals surface area contributed by atoms with Crippen molar-refractivity contribution in [3.63, 3.8) is 0 Å². The summed E-state index contributed by atoms with van der Waals surface area (Å²) in [5.74, 6) is 0.702. The molecule has 1 heterocycles. The van der Waals surface area contributed by atoms with Crippen LogP contribution in [0, 0.1) is 5.92 Å². The van der Waals surface area contributed by atoms with Crippen LogP contribution in [0.4, 0.5) is 0 Å². The highest BCUT2D eigenvalue weighted by Gasteiger charge is 2.26. The minimum Gasteiger partial charge on any atom is -0.327 e. The lowest BCUT2D eigenvalue weighted by molar-refractivity contribution is -0.129. The first-order chi connectivity index (χ1) is 8.58. The van der Waals surface area contributed by atoms with Crippen LogP contribution >= 0.6 is 0 Å². The molecule has 2 rings (SSSR count). The molecule has 0 bridgehead atoms. The van der Waals surface area contributed by atoms with E-state index in [0.717, 1.165) is 32.4 Å². The Hall–Kier alpha value is -0.870. The molecule has 4 heteroatoms. The van der Waals surface area contributed by atoms with Gasteiger partial charge in [0.1, 0.15) is 0 Å². The first-order valence-electron chi connectivity index (χ1n) is 7.01. The van der Waals surface area contributed by atoms with Crippen molar-refractivity contribution >= 4 is 5.91 Å². The maximum absolute atomic E-state index is 12.2. The zero-order valence-corrected chi connectivity index (χ0v) is 11.6. The van der Waals surface area contributed by atoms with Crippen LogP contribution in [0.1, 0.15) is 32.6 Å². The van der Waals surface area contributed by atoms with E-state index in [1.807, 2.05) is 11.9 Å².